The van der Waals surface area contributed by atoms with Crippen molar-refractivity contribution in [2.75, 3.05) is 56.1 Å². The van der Waals surface area contributed by atoms with Crippen molar-refractivity contribution < 1.29 is 5.11 Å². The molecule has 6 heteroatoms. The summed E-state index contributed by atoms with van der Waals surface area (Å²) >= 11 is 0. The highest BCUT2D eigenvalue weighted by Crippen LogP contribution is 2.19. The fourth-order valence-electron chi connectivity index (χ4n) is 2.52. The summed E-state index contributed by atoms with van der Waals surface area (Å²) in [7, 11) is 0. The molecule has 1 aromatic rings. The van der Waals surface area contributed by atoms with Crippen LogP contribution in [0.3, 0.4) is 0 Å². The van der Waals surface area contributed by atoms with Crippen molar-refractivity contribution in [3.8, 4) is 0 Å². The number of anilines is 2. The maximum absolute atomic E-state index is 8.99. The van der Waals surface area contributed by atoms with Gasteiger partial charge in [0.25, 0.3) is 0 Å². The normalized spacial score (nSPS) is 16.8. The van der Waals surface area contributed by atoms with Crippen LogP contribution in [0.2, 0.25) is 0 Å². The zero-order chi connectivity index (χ0) is 16.0. The largest absolute Gasteiger partial charge is 0.395 e. The standard InChI is InChI=1S/C16H29N5O/c1-16(2,3)4-5-17-14-12-15(19-13-18-14)21-8-6-20(7-9-21)10-11-22/h12-13,22H,4-11H2,1-3H3,(H,17,18,19). The molecule has 0 aromatic carbocycles. The molecule has 0 bridgehead atoms. The van der Waals surface area contributed by atoms with Gasteiger partial charge in [-0.25, -0.2) is 9.97 Å². The third kappa shape index (κ3) is 5.42. The number of nitrogens with one attached hydrogen (secondary N) is 1. The van der Waals surface area contributed by atoms with Gasteiger partial charge >= 0.3 is 0 Å². The van der Waals surface area contributed by atoms with E-state index in [-0.39, 0.29) is 6.61 Å². The van der Waals surface area contributed by atoms with E-state index in [0.717, 1.165) is 57.3 Å². The summed E-state index contributed by atoms with van der Waals surface area (Å²) in [6.07, 6.45) is 2.74. The SMILES string of the molecule is CC(C)(C)CCNc1cc(N2CCN(CCO)CC2)ncn1. The number of aliphatic hydroxyl groups excluding tert-OH is 1. The van der Waals surface area contributed by atoms with Crippen LogP contribution < -0.4 is 10.2 Å². The van der Waals surface area contributed by atoms with Gasteiger partial charge in [0.05, 0.1) is 6.61 Å². The summed E-state index contributed by atoms with van der Waals surface area (Å²) < 4.78 is 0. The predicted molar refractivity (Wildman–Crippen MR) is 90.3 cm³/mol. The molecule has 22 heavy (non-hydrogen) atoms. The second kappa shape index (κ2) is 7.74. The van der Waals surface area contributed by atoms with Crippen molar-refractivity contribution >= 4 is 11.6 Å². The van der Waals surface area contributed by atoms with Crippen LogP contribution in [0, 0.1) is 5.41 Å². The third-order valence-corrected chi connectivity index (χ3v) is 3.95. The molecule has 1 aliphatic rings. The molecule has 1 saturated heterocycles. The third-order valence-electron chi connectivity index (χ3n) is 3.95. The smallest absolute Gasteiger partial charge is 0.134 e. The molecule has 1 aromatic heterocycles. The van der Waals surface area contributed by atoms with Crippen molar-refractivity contribution in [1.82, 2.24) is 14.9 Å². The summed E-state index contributed by atoms with van der Waals surface area (Å²) in [6.45, 7) is 12.5. The van der Waals surface area contributed by atoms with Crippen molar-refractivity contribution in [3.05, 3.63) is 12.4 Å². The first-order valence-corrected chi connectivity index (χ1v) is 8.12. The highest BCUT2D eigenvalue weighted by Gasteiger charge is 2.18. The molecule has 1 fully saturated rings. The highest BCUT2D eigenvalue weighted by atomic mass is 16.3. The lowest BCUT2D eigenvalue weighted by atomic mass is 9.92. The Hall–Kier alpha value is -1.40. The first kappa shape index (κ1) is 17.0. The van der Waals surface area contributed by atoms with Crippen LogP contribution in [-0.2, 0) is 0 Å². The van der Waals surface area contributed by atoms with Crippen LogP contribution in [0.15, 0.2) is 12.4 Å². The minimum absolute atomic E-state index is 0.231. The van der Waals surface area contributed by atoms with Crippen LogP contribution in [0.1, 0.15) is 27.2 Å². The molecular weight excluding hydrogens is 278 g/mol. The Morgan fingerprint density at radius 3 is 2.55 bits per heavy atom. The Balaban J connectivity index is 1.86. The van der Waals surface area contributed by atoms with Gasteiger partial charge in [-0.15, -0.1) is 0 Å². The Morgan fingerprint density at radius 1 is 1.18 bits per heavy atom. The molecule has 0 unspecified atom stereocenters. The average Bonchev–Trinajstić information content (AvgIpc) is 2.47. The fourth-order valence-corrected chi connectivity index (χ4v) is 2.52. The topological polar surface area (TPSA) is 64.5 Å². The highest BCUT2D eigenvalue weighted by molar-refractivity contribution is 5.48. The first-order chi connectivity index (χ1) is 10.5. The molecule has 2 heterocycles. The Morgan fingerprint density at radius 2 is 1.91 bits per heavy atom. The number of hydrogen-bond acceptors (Lipinski definition) is 6. The maximum atomic E-state index is 8.99. The van der Waals surface area contributed by atoms with Gasteiger partial charge in [-0.1, -0.05) is 20.8 Å². The number of β-amino-alcohol motifs (C(OH)–C–C–N with tert-alkyl or cyclic N) is 1. The van der Waals surface area contributed by atoms with Crippen molar-refractivity contribution in [2.24, 2.45) is 5.41 Å². The van der Waals surface area contributed by atoms with Crippen LogP contribution in [-0.4, -0.2) is 65.8 Å². The fraction of sp³-hybridized carbons (Fsp3) is 0.750. The molecule has 0 saturated carbocycles. The van der Waals surface area contributed by atoms with Crippen LogP contribution in [0.5, 0.6) is 0 Å². The molecule has 2 N–H and O–H groups in total. The summed E-state index contributed by atoms with van der Waals surface area (Å²) in [6, 6.07) is 2.03. The summed E-state index contributed by atoms with van der Waals surface area (Å²) in [5, 5.41) is 12.4. The summed E-state index contributed by atoms with van der Waals surface area (Å²) in [5.41, 5.74) is 0.325. The molecular formula is C16H29N5O. The molecule has 2 rings (SSSR count). The van der Waals surface area contributed by atoms with Gasteiger partial charge in [-0.3, -0.25) is 4.90 Å². The van der Waals surface area contributed by atoms with E-state index in [1.807, 2.05) is 6.07 Å². The Bertz CT molecular complexity index is 452. The van der Waals surface area contributed by atoms with E-state index >= 15 is 0 Å². The van der Waals surface area contributed by atoms with E-state index in [4.69, 9.17) is 5.11 Å². The number of rotatable bonds is 6. The average molecular weight is 307 g/mol. The van der Waals surface area contributed by atoms with Gasteiger partial charge in [0, 0.05) is 45.3 Å². The van der Waals surface area contributed by atoms with Gasteiger partial charge in [0.2, 0.25) is 0 Å². The van der Waals surface area contributed by atoms with E-state index in [9.17, 15) is 0 Å². The molecule has 0 aliphatic carbocycles. The molecule has 0 atom stereocenters. The monoisotopic (exact) mass is 307 g/mol. The van der Waals surface area contributed by atoms with Gasteiger partial charge in [0.1, 0.15) is 18.0 Å². The number of piperazine rings is 1. The number of aromatic nitrogens is 2. The van der Waals surface area contributed by atoms with Gasteiger partial charge < -0.3 is 15.3 Å². The minimum Gasteiger partial charge on any atom is -0.395 e. The van der Waals surface area contributed by atoms with Crippen molar-refractivity contribution in [2.45, 2.75) is 27.2 Å². The van der Waals surface area contributed by atoms with Crippen molar-refractivity contribution in [1.29, 1.82) is 0 Å². The molecule has 6 nitrogen and oxygen atoms in total. The van der Waals surface area contributed by atoms with Gasteiger partial charge in [0.15, 0.2) is 0 Å². The second-order valence-corrected chi connectivity index (χ2v) is 7.05. The van der Waals surface area contributed by atoms with E-state index in [1.165, 1.54) is 0 Å². The van der Waals surface area contributed by atoms with E-state index < -0.39 is 0 Å². The summed E-state index contributed by atoms with van der Waals surface area (Å²) in [4.78, 5) is 13.3. The van der Waals surface area contributed by atoms with Crippen LogP contribution in [0.4, 0.5) is 11.6 Å². The summed E-state index contributed by atoms with van der Waals surface area (Å²) in [5.74, 6) is 1.88. The maximum Gasteiger partial charge on any atom is 0.134 e. The number of aliphatic hydroxyl groups is 1. The Kier molecular flexibility index (Phi) is 5.97. The second-order valence-electron chi connectivity index (χ2n) is 7.05. The minimum atomic E-state index is 0.231. The van der Waals surface area contributed by atoms with Gasteiger partial charge in [-0.2, -0.15) is 0 Å². The van der Waals surface area contributed by atoms with Crippen molar-refractivity contribution in [3.63, 3.8) is 0 Å². The number of hydrogen-bond donors (Lipinski definition) is 2. The van der Waals surface area contributed by atoms with E-state index in [2.05, 4.69) is 45.9 Å². The lowest BCUT2D eigenvalue weighted by Gasteiger charge is -2.35. The van der Waals surface area contributed by atoms with Crippen LogP contribution in [0.25, 0.3) is 0 Å². The zero-order valence-electron chi connectivity index (χ0n) is 14.0. The quantitative estimate of drug-likeness (QED) is 0.829. The van der Waals surface area contributed by atoms with E-state index in [0.29, 0.717) is 5.41 Å². The van der Waals surface area contributed by atoms with Crippen LogP contribution >= 0.6 is 0 Å². The predicted octanol–water partition coefficient (Wildman–Crippen LogP) is 1.44. The lowest BCUT2D eigenvalue weighted by Crippen LogP contribution is -2.47. The molecule has 124 valence electrons. The molecule has 1 aliphatic heterocycles. The Labute approximate surface area is 133 Å². The number of nitrogens with zero attached hydrogens (tertiary/aromatic N) is 4. The molecule has 0 radical (unpaired) electrons. The molecule has 0 amide bonds. The first-order valence-electron chi connectivity index (χ1n) is 8.12. The van der Waals surface area contributed by atoms with Gasteiger partial charge in [-0.05, 0) is 11.8 Å². The molecule has 0 spiro atoms. The zero-order valence-corrected chi connectivity index (χ0v) is 14.0. The lowest BCUT2D eigenvalue weighted by molar-refractivity contribution is 0.188. The van der Waals surface area contributed by atoms with E-state index in [1.54, 1.807) is 6.33 Å².